The molecule has 0 radical (unpaired) electrons. The van der Waals surface area contributed by atoms with Gasteiger partial charge in [0.15, 0.2) is 0 Å². The first-order valence-electron chi connectivity index (χ1n) is 8.06. The smallest absolute Gasteiger partial charge is 0.137 e. The van der Waals surface area contributed by atoms with Gasteiger partial charge in [0.25, 0.3) is 0 Å². The standard InChI is InChI=1S/C17H17BrIN3/c18-11-6-13(19)15-14(7-11)21-17-10-2-8-1-9(3-10)5-12(4-8)22(17)16(15)20/h6-10,12,20H,1-5H2. The van der Waals surface area contributed by atoms with E-state index < -0.39 is 0 Å². The Kier molecular flexibility index (Phi) is 3.04. The van der Waals surface area contributed by atoms with Gasteiger partial charge in [-0.05, 0) is 78.7 Å². The highest BCUT2D eigenvalue weighted by atomic mass is 127. The molecule has 2 aliphatic heterocycles. The van der Waals surface area contributed by atoms with Gasteiger partial charge in [-0.3, -0.25) is 5.41 Å². The molecule has 1 aromatic heterocycles. The lowest BCUT2D eigenvalue weighted by atomic mass is 9.68. The number of halogens is 2. The molecular weight excluding hydrogens is 453 g/mol. The van der Waals surface area contributed by atoms with Gasteiger partial charge in [-0.1, -0.05) is 15.9 Å². The number of benzene rings is 1. The summed E-state index contributed by atoms with van der Waals surface area (Å²) in [5.74, 6) is 3.48. The topological polar surface area (TPSA) is 41.7 Å². The van der Waals surface area contributed by atoms with E-state index in [1.165, 1.54) is 37.9 Å². The fourth-order valence-corrected chi connectivity index (χ4v) is 6.93. The van der Waals surface area contributed by atoms with Gasteiger partial charge in [0.05, 0.1) is 10.9 Å². The van der Waals surface area contributed by atoms with Gasteiger partial charge in [0.2, 0.25) is 0 Å². The molecule has 2 aromatic rings. The fourth-order valence-electron chi connectivity index (χ4n) is 5.19. The fraction of sp³-hybridized carbons (Fsp3) is 0.529. The number of hydrogen-bond donors (Lipinski definition) is 1. The monoisotopic (exact) mass is 469 g/mol. The van der Waals surface area contributed by atoms with E-state index in [0.29, 0.717) is 17.4 Å². The summed E-state index contributed by atoms with van der Waals surface area (Å²) in [6, 6.07) is 4.68. The van der Waals surface area contributed by atoms with Crippen LogP contribution in [-0.4, -0.2) is 9.55 Å². The molecule has 2 atom stereocenters. The predicted molar refractivity (Wildman–Crippen MR) is 97.8 cm³/mol. The Labute approximate surface area is 151 Å². The lowest BCUT2D eigenvalue weighted by Gasteiger charge is -2.37. The first kappa shape index (κ1) is 14.0. The summed E-state index contributed by atoms with van der Waals surface area (Å²) < 4.78 is 4.49. The largest absolute Gasteiger partial charge is 0.311 e. The normalized spacial score (nSPS) is 32.3. The molecule has 0 saturated heterocycles. The Hall–Kier alpha value is -0.430. The second-order valence-electron chi connectivity index (χ2n) is 7.23. The summed E-state index contributed by atoms with van der Waals surface area (Å²) in [6.45, 7) is 0. The van der Waals surface area contributed by atoms with Crippen molar-refractivity contribution in [1.82, 2.24) is 9.55 Å². The molecule has 4 aliphatic rings. The summed E-state index contributed by atoms with van der Waals surface area (Å²) in [5, 5.41) is 9.88. The van der Waals surface area contributed by atoms with Gasteiger partial charge < -0.3 is 4.57 Å². The van der Waals surface area contributed by atoms with Gasteiger partial charge >= 0.3 is 0 Å². The number of rotatable bonds is 0. The minimum atomic E-state index is 0.509. The SMILES string of the molecule is N=c1c2c(I)cc(Br)cc2nc2n1C1CC3CC(CC2C3)C1. The molecule has 2 unspecified atom stereocenters. The van der Waals surface area contributed by atoms with Crippen LogP contribution in [0.15, 0.2) is 16.6 Å². The van der Waals surface area contributed by atoms with Crippen LogP contribution in [0.1, 0.15) is 49.9 Å². The van der Waals surface area contributed by atoms with Crippen molar-refractivity contribution in [1.29, 1.82) is 5.41 Å². The van der Waals surface area contributed by atoms with Crippen LogP contribution in [0.4, 0.5) is 0 Å². The minimum absolute atomic E-state index is 0.509. The van der Waals surface area contributed by atoms with E-state index in [2.05, 4.69) is 55.2 Å². The molecule has 1 aromatic carbocycles. The van der Waals surface area contributed by atoms with E-state index >= 15 is 0 Å². The lowest BCUT2D eigenvalue weighted by Crippen LogP contribution is -2.31. The van der Waals surface area contributed by atoms with Crippen LogP contribution in [0.3, 0.4) is 0 Å². The minimum Gasteiger partial charge on any atom is -0.311 e. The highest BCUT2D eigenvalue weighted by Gasteiger charge is 2.43. The van der Waals surface area contributed by atoms with Crippen molar-refractivity contribution in [3.8, 4) is 0 Å². The molecular formula is C17H17BrIN3. The first-order chi connectivity index (χ1) is 10.6. The molecule has 2 fully saturated rings. The van der Waals surface area contributed by atoms with Crippen LogP contribution in [0.2, 0.25) is 0 Å². The van der Waals surface area contributed by atoms with Crippen molar-refractivity contribution in [2.45, 2.75) is 44.1 Å². The van der Waals surface area contributed by atoms with Gasteiger partial charge in [-0.2, -0.15) is 0 Å². The number of nitrogens with zero attached hydrogens (tertiary/aromatic N) is 2. The third-order valence-electron chi connectivity index (χ3n) is 5.84. The Morgan fingerprint density at radius 3 is 2.59 bits per heavy atom. The summed E-state index contributed by atoms with van der Waals surface area (Å²) >= 11 is 5.92. The summed E-state index contributed by atoms with van der Waals surface area (Å²) in [5.41, 5.74) is 1.67. The average Bonchev–Trinajstić information content (AvgIpc) is 2.60. The summed E-state index contributed by atoms with van der Waals surface area (Å²) in [4.78, 5) is 5.06. The van der Waals surface area contributed by atoms with Crippen LogP contribution < -0.4 is 5.49 Å². The summed E-state index contributed by atoms with van der Waals surface area (Å²) in [7, 11) is 0. The van der Waals surface area contributed by atoms with Crippen LogP contribution in [0.25, 0.3) is 10.9 Å². The molecule has 0 spiro atoms. The zero-order valence-corrected chi connectivity index (χ0v) is 15.9. The van der Waals surface area contributed by atoms with Crippen LogP contribution >= 0.6 is 38.5 Å². The number of aromatic nitrogens is 2. The molecule has 0 amide bonds. The second kappa shape index (κ2) is 4.79. The van der Waals surface area contributed by atoms with Crippen molar-refractivity contribution in [2.24, 2.45) is 11.8 Å². The Morgan fingerprint density at radius 1 is 1.14 bits per heavy atom. The van der Waals surface area contributed by atoms with Gasteiger partial charge in [-0.15, -0.1) is 0 Å². The van der Waals surface area contributed by atoms with Crippen molar-refractivity contribution < 1.29 is 0 Å². The highest BCUT2D eigenvalue weighted by Crippen LogP contribution is 2.52. The van der Waals surface area contributed by atoms with Crippen molar-refractivity contribution in [3.63, 3.8) is 0 Å². The van der Waals surface area contributed by atoms with Gasteiger partial charge in [0.1, 0.15) is 11.3 Å². The molecule has 114 valence electrons. The average molecular weight is 470 g/mol. The van der Waals surface area contributed by atoms with Gasteiger partial charge in [-0.25, -0.2) is 4.98 Å². The van der Waals surface area contributed by atoms with Crippen LogP contribution in [0.5, 0.6) is 0 Å². The van der Waals surface area contributed by atoms with Gasteiger partial charge in [0, 0.05) is 20.0 Å². The Bertz CT molecular complexity index is 845. The molecule has 4 bridgehead atoms. The first-order valence-corrected chi connectivity index (χ1v) is 9.93. The van der Waals surface area contributed by atoms with Crippen LogP contribution in [0, 0.1) is 20.8 Å². The Morgan fingerprint density at radius 2 is 1.86 bits per heavy atom. The molecule has 2 saturated carbocycles. The van der Waals surface area contributed by atoms with E-state index in [-0.39, 0.29) is 0 Å². The van der Waals surface area contributed by atoms with E-state index in [1.54, 1.807) is 0 Å². The summed E-state index contributed by atoms with van der Waals surface area (Å²) in [6.07, 6.45) is 6.51. The predicted octanol–water partition coefficient (Wildman–Crippen LogP) is 4.73. The molecule has 3 heterocycles. The molecule has 22 heavy (non-hydrogen) atoms. The lowest BCUT2D eigenvalue weighted by molar-refractivity contribution is 0.150. The second-order valence-corrected chi connectivity index (χ2v) is 9.31. The zero-order valence-electron chi connectivity index (χ0n) is 12.1. The van der Waals surface area contributed by atoms with Crippen molar-refractivity contribution >= 4 is 49.4 Å². The van der Waals surface area contributed by atoms with Crippen LogP contribution in [-0.2, 0) is 0 Å². The molecule has 2 aliphatic carbocycles. The number of hydrogen-bond acceptors (Lipinski definition) is 2. The third kappa shape index (κ3) is 1.90. The maximum Gasteiger partial charge on any atom is 0.137 e. The van der Waals surface area contributed by atoms with E-state index in [1.807, 2.05) is 0 Å². The number of nitrogens with one attached hydrogen (secondary N) is 1. The van der Waals surface area contributed by atoms with E-state index in [4.69, 9.17) is 10.4 Å². The molecule has 6 rings (SSSR count). The molecule has 3 nitrogen and oxygen atoms in total. The maximum absolute atomic E-state index is 8.86. The zero-order chi connectivity index (χ0) is 15.0. The third-order valence-corrected chi connectivity index (χ3v) is 7.15. The van der Waals surface area contributed by atoms with Crippen molar-refractivity contribution in [2.75, 3.05) is 0 Å². The molecule has 1 N–H and O–H groups in total. The maximum atomic E-state index is 8.86. The number of fused-ring (bicyclic) bond motifs is 1. The molecule has 5 heteroatoms. The Balaban J connectivity index is 1.87. The van der Waals surface area contributed by atoms with E-state index in [9.17, 15) is 0 Å². The quantitative estimate of drug-likeness (QED) is 0.556. The highest BCUT2D eigenvalue weighted by molar-refractivity contribution is 14.1. The van der Waals surface area contributed by atoms with Crippen molar-refractivity contribution in [3.05, 3.63) is 31.5 Å². The van der Waals surface area contributed by atoms with E-state index in [0.717, 1.165) is 30.8 Å².